The van der Waals surface area contributed by atoms with Gasteiger partial charge in [-0.05, 0) is 43.6 Å². The minimum absolute atomic E-state index is 0.0262. The molecule has 192 valence electrons. The van der Waals surface area contributed by atoms with Gasteiger partial charge in [-0.2, -0.15) is 0 Å². The van der Waals surface area contributed by atoms with E-state index in [1.165, 1.54) is 0 Å². The molecule has 1 aromatic heterocycles. The van der Waals surface area contributed by atoms with Crippen LogP contribution in [0.25, 0.3) is 0 Å². The Bertz CT molecular complexity index is 1040. The number of allylic oxidation sites excluding steroid dienone is 2. The zero-order valence-electron chi connectivity index (χ0n) is 20.7. The summed E-state index contributed by atoms with van der Waals surface area (Å²) in [5, 5.41) is 8.63. The van der Waals surface area contributed by atoms with Crippen molar-refractivity contribution in [3.63, 3.8) is 0 Å². The largest absolute Gasteiger partial charge is 0.381 e. The molecule has 0 radical (unpaired) electrons. The van der Waals surface area contributed by atoms with Gasteiger partial charge in [-0.25, -0.2) is 4.98 Å². The number of rotatable bonds is 4. The van der Waals surface area contributed by atoms with Crippen molar-refractivity contribution < 1.29 is 14.3 Å². The van der Waals surface area contributed by atoms with Gasteiger partial charge in [0, 0.05) is 50.7 Å². The molecular formula is C28H36N4O3S. The molecule has 3 aliphatic rings. The van der Waals surface area contributed by atoms with Crippen molar-refractivity contribution in [1.29, 1.82) is 0 Å². The number of hydrogen-bond donors (Lipinski definition) is 2. The molecule has 2 saturated heterocycles. The predicted molar refractivity (Wildman–Crippen MR) is 140 cm³/mol. The normalized spacial score (nSPS) is 28.3. The summed E-state index contributed by atoms with van der Waals surface area (Å²) in [4.78, 5) is 34.2. The standard InChI is InChI=1S/C28H36N4O3S/c33-26-25(16-21-6-2-1-3-7-21)31-27(34)28(11-14-35-15-12-28)10-5-4-8-22-17-32(13-9-24(22)30-26)18-23-19-36-20-29-23/h1-7,19-20,22,24-25H,8-18H2,(H,30,33)(H,31,34)/b5-4+/t22-,24-,25+/m1/s1. The summed E-state index contributed by atoms with van der Waals surface area (Å²) in [6.07, 6.45) is 8.71. The number of ether oxygens (including phenoxy) is 1. The molecule has 2 amide bonds. The summed E-state index contributed by atoms with van der Waals surface area (Å²) in [6, 6.07) is 9.44. The Morgan fingerprint density at radius 2 is 1.94 bits per heavy atom. The lowest BCUT2D eigenvalue weighted by molar-refractivity contribution is -0.140. The van der Waals surface area contributed by atoms with Crippen LogP contribution >= 0.6 is 11.3 Å². The summed E-state index contributed by atoms with van der Waals surface area (Å²) < 4.78 is 5.59. The number of nitrogens with zero attached hydrogens (tertiary/aromatic N) is 2. The van der Waals surface area contributed by atoms with Crippen LogP contribution in [0.5, 0.6) is 0 Å². The van der Waals surface area contributed by atoms with Crippen molar-refractivity contribution in [3.05, 3.63) is 64.6 Å². The number of aromatic nitrogens is 1. The van der Waals surface area contributed by atoms with Crippen molar-refractivity contribution in [3.8, 4) is 0 Å². The van der Waals surface area contributed by atoms with Crippen LogP contribution in [-0.4, -0.2) is 60.1 Å². The maximum absolute atomic E-state index is 13.7. The Morgan fingerprint density at radius 1 is 1.11 bits per heavy atom. The van der Waals surface area contributed by atoms with Crippen LogP contribution in [0.4, 0.5) is 0 Å². The first kappa shape index (κ1) is 25.1. The van der Waals surface area contributed by atoms with E-state index in [9.17, 15) is 9.59 Å². The van der Waals surface area contributed by atoms with E-state index in [0.717, 1.165) is 43.7 Å². The summed E-state index contributed by atoms with van der Waals surface area (Å²) in [5.74, 6) is 0.208. The monoisotopic (exact) mass is 508 g/mol. The highest BCUT2D eigenvalue weighted by molar-refractivity contribution is 7.07. The van der Waals surface area contributed by atoms with Crippen molar-refractivity contribution in [2.45, 2.75) is 57.2 Å². The number of nitrogens with one attached hydrogen (secondary N) is 2. The first-order valence-electron chi connectivity index (χ1n) is 13.1. The number of benzene rings is 1. The molecule has 0 saturated carbocycles. The number of likely N-dealkylation sites (tertiary alicyclic amines) is 1. The van der Waals surface area contributed by atoms with Gasteiger partial charge in [0.05, 0.1) is 16.6 Å². The third-order valence-electron chi connectivity index (χ3n) is 7.96. The maximum Gasteiger partial charge on any atom is 0.243 e. The number of fused-ring (bicyclic) bond motifs is 1. The van der Waals surface area contributed by atoms with Gasteiger partial charge < -0.3 is 15.4 Å². The van der Waals surface area contributed by atoms with E-state index < -0.39 is 11.5 Å². The smallest absolute Gasteiger partial charge is 0.243 e. The summed E-state index contributed by atoms with van der Waals surface area (Å²) >= 11 is 1.63. The average molecular weight is 509 g/mol. The molecule has 0 aliphatic carbocycles. The fourth-order valence-electron chi connectivity index (χ4n) is 5.74. The topological polar surface area (TPSA) is 83.6 Å². The molecule has 5 rings (SSSR count). The van der Waals surface area contributed by atoms with Crippen LogP contribution < -0.4 is 10.6 Å². The highest BCUT2D eigenvalue weighted by Gasteiger charge is 2.41. The number of carbonyl (C=O) groups excluding carboxylic acids is 2. The highest BCUT2D eigenvalue weighted by Crippen LogP contribution is 2.36. The third kappa shape index (κ3) is 6.05. The minimum atomic E-state index is -0.600. The number of thiazole rings is 1. The Labute approximate surface area is 217 Å². The molecule has 7 nitrogen and oxygen atoms in total. The summed E-state index contributed by atoms with van der Waals surface area (Å²) in [5.41, 5.74) is 3.51. The first-order valence-corrected chi connectivity index (χ1v) is 14.0. The average Bonchev–Trinajstić information content (AvgIpc) is 3.41. The molecule has 0 unspecified atom stereocenters. The fourth-order valence-corrected chi connectivity index (χ4v) is 6.29. The van der Waals surface area contributed by atoms with E-state index >= 15 is 0 Å². The molecule has 3 aliphatic heterocycles. The number of piperidine rings is 1. The zero-order chi connectivity index (χ0) is 24.8. The van der Waals surface area contributed by atoms with Crippen LogP contribution in [0, 0.1) is 11.3 Å². The Morgan fingerprint density at radius 3 is 2.72 bits per heavy atom. The van der Waals surface area contributed by atoms with Crippen molar-refractivity contribution in [1.82, 2.24) is 20.5 Å². The second-order valence-electron chi connectivity index (χ2n) is 10.4. The lowest BCUT2D eigenvalue weighted by Crippen LogP contribution is -2.58. The molecule has 2 aromatic rings. The van der Waals surface area contributed by atoms with E-state index in [0.29, 0.717) is 44.8 Å². The molecule has 36 heavy (non-hydrogen) atoms. The SMILES string of the molecule is O=C1N[C@@H]2CCN(Cc3cscn3)C[C@H]2C/C=C/CC2(CCOCC2)C(=O)N[C@H]1Cc1ccccc1. The van der Waals surface area contributed by atoms with Crippen LogP contribution in [-0.2, 0) is 27.3 Å². The minimum Gasteiger partial charge on any atom is -0.381 e. The molecular weight excluding hydrogens is 472 g/mol. The quantitative estimate of drug-likeness (QED) is 0.619. The van der Waals surface area contributed by atoms with Gasteiger partial charge >= 0.3 is 0 Å². The molecule has 2 fully saturated rings. The Kier molecular flexibility index (Phi) is 8.14. The Balaban J connectivity index is 1.38. The van der Waals surface area contributed by atoms with E-state index in [-0.39, 0.29) is 17.9 Å². The van der Waals surface area contributed by atoms with Gasteiger partial charge in [-0.3, -0.25) is 14.5 Å². The van der Waals surface area contributed by atoms with Gasteiger partial charge in [0.15, 0.2) is 0 Å². The number of amides is 2. The fraction of sp³-hybridized carbons (Fsp3) is 0.536. The number of carbonyl (C=O) groups is 2. The summed E-state index contributed by atoms with van der Waals surface area (Å²) in [6.45, 7) is 3.84. The van der Waals surface area contributed by atoms with Gasteiger partial charge in [-0.1, -0.05) is 42.5 Å². The predicted octanol–water partition coefficient (Wildman–Crippen LogP) is 3.32. The second-order valence-corrected chi connectivity index (χ2v) is 11.1. The first-order chi connectivity index (χ1) is 17.6. The van der Waals surface area contributed by atoms with E-state index in [1.807, 2.05) is 35.8 Å². The molecule has 3 atom stereocenters. The molecule has 4 heterocycles. The molecule has 0 bridgehead atoms. The molecule has 8 heteroatoms. The third-order valence-corrected chi connectivity index (χ3v) is 8.60. The molecule has 1 aromatic carbocycles. The van der Waals surface area contributed by atoms with Crippen molar-refractivity contribution >= 4 is 23.2 Å². The molecule has 1 spiro atoms. The van der Waals surface area contributed by atoms with Crippen LogP contribution in [0.2, 0.25) is 0 Å². The van der Waals surface area contributed by atoms with Gasteiger partial charge in [0.1, 0.15) is 6.04 Å². The Hall–Kier alpha value is -2.55. The lowest BCUT2D eigenvalue weighted by atomic mass is 9.75. The van der Waals surface area contributed by atoms with Crippen molar-refractivity contribution in [2.75, 3.05) is 26.3 Å². The van der Waals surface area contributed by atoms with Gasteiger partial charge in [0.2, 0.25) is 11.8 Å². The van der Waals surface area contributed by atoms with Crippen LogP contribution in [0.15, 0.2) is 53.4 Å². The van der Waals surface area contributed by atoms with Gasteiger partial charge in [0.25, 0.3) is 0 Å². The van der Waals surface area contributed by atoms with Crippen LogP contribution in [0.1, 0.15) is 43.4 Å². The highest BCUT2D eigenvalue weighted by atomic mass is 32.1. The van der Waals surface area contributed by atoms with Crippen LogP contribution in [0.3, 0.4) is 0 Å². The molecule has 2 N–H and O–H groups in total. The lowest BCUT2D eigenvalue weighted by Gasteiger charge is -2.40. The summed E-state index contributed by atoms with van der Waals surface area (Å²) in [7, 11) is 0. The van der Waals surface area contributed by atoms with E-state index in [1.54, 1.807) is 11.3 Å². The maximum atomic E-state index is 13.7. The van der Waals surface area contributed by atoms with E-state index in [4.69, 9.17) is 4.74 Å². The zero-order valence-corrected chi connectivity index (χ0v) is 21.6. The second kappa shape index (κ2) is 11.7. The van der Waals surface area contributed by atoms with Crippen molar-refractivity contribution in [2.24, 2.45) is 11.3 Å². The van der Waals surface area contributed by atoms with Gasteiger partial charge in [-0.15, -0.1) is 11.3 Å². The van der Waals surface area contributed by atoms with E-state index in [2.05, 4.69) is 38.0 Å². The number of hydrogen-bond acceptors (Lipinski definition) is 6.